The van der Waals surface area contributed by atoms with Crippen molar-refractivity contribution in [3.63, 3.8) is 0 Å². The van der Waals surface area contributed by atoms with Crippen LogP contribution >= 0.6 is 34.8 Å². The van der Waals surface area contributed by atoms with E-state index in [0.717, 1.165) is 5.56 Å². The Labute approximate surface area is 249 Å². The summed E-state index contributed by atoms with van der Waals surface area (Å²) in [7, 11) is 0. The third-order valence-corrected chi connectivity index (χ3v) is 6.95. The van der Waals surface area contributed by atoms with Crippen molar-refractivity contribution in [1.29, 1.82) is 0 Å². The predicted molar refractivity (Wildman–Crippen MR) is 158 cm³/mol. The summed E-state index contributed by atoms with van der Waals surface area (Å²) in [5, 5.41) is 11.7. The van der Waals surface area contributed by atoms with Gasteiger partial charge >= 0.3 is 5.97 Å². The Morgan fingerprint density at radius 2 is 1.62 bits per heavy atom. The Morgan fingerprint density at radius 3 is 2.20 bits per heavy atom. The molecular weight excluding hydrogens is 575 g/mol. The smallest absolute Gasteiger partial charge is 0.307 e. The summed E-state index contributed by atoms with van der Waals surface area (Å²) in [6, 6.07) is 10.7. The second-order valence-electron chi connectivity index (χ2n) is 10.5. The summed E-state index contributed by atoms with van der Waals surface area (Å²) in [4.78, 5) is 38.8. The molecule has 2 N–H and O–H groups in total. The van der Waals surface area contributed by atoms with E-state index in [-0.39, 0.29) is 18.7 Å². The molecule has 2 aromatic carbocycles. The zero-order chi connectivity index (χ0) is 29.8. The van der Waals surface area contributed by atoms with Crippen LogP contribution in [-0.4, -0.2) is 46.3 Å². The monoisotopic (exact) mass is 606 g/mol. The van der Waals surface area contributed by atoms with Gasteiger partial charge in [-0.3, -0.25) is 14.4 Å². The van der Waals surface area contributed by atoms with E-state index in [2.05, 4.69) is 15.7 Å². The second-order valence-corrected chi connectivity index (χ2v) is 11.8. The molecule has 40 heavy (non-hydrogen) atoms. The maximum absolute atomic E-state index is 13.7. The lowest BCUT2D eigenvalue weighted by molar-refractivity contribution is -0.143. The largest absolute Gasteiger partial charge is 0.466 e. The molecule has 2 amide bonds. The Kier molecular flexibility index (Phi) is 10.3. The van der Waals surface area contributed by atoms with E-state index < -0.39 is 35.3 Å². The number of hydrogen-bond acceptors (Lipinski definition) is 5. The van der Waals surface area contributed by atoms with Crippen molar-refractivity contribution in [2.45, 2.75) is 60.0 Å². The molecule has 0 aliphatic rings. The Balaban J connectivity index is 1.99. The van der Waals surface area contributed by atoms with Gasteiger partial charge in [-0.15, -0.1) is 0 Å². The molecule has 3 rings (SSSR count). The molecule has 0 aliphatic heterocycles. The minimum atomic E-state index is -0.924. The molecule has 0 spiro atoms. The molecule has 214 valence electrons. The van der Waals surface area contributed by atoms with Gasteiger partial charge in [0.1, 0.15) is 6.04 Å². The molecule has 0 fully saturated rings. The number of carbonyl (C=O) groups is 3. The van der Waals surface area contributed by atoms with Gasteiger partial charge in [-0.25, -0.2) is 4.68 Å². The molecule has 1 heterocycles. The van der Waals surface area contributed by atoms with Crippen LogP contribution in [0.5, 0.6) is 0 Å². The number of nitrogens with one attached hydrogen (secondary N) is 2. The van der Waals surface area contributed by atoms with E-state index in [1.165, 1.54) is 0 Å². The third kappa shape index (κ3) is 7.56. The normalized spacial score (nSPS) is 12.9. The standard InChI is InChI=1S/C29H33Cl3N4O4/c1-7-40-23(37)14-16(2)33-28(39)26(29(4,5)6)34-27(38)24-17(3)25(18-8-10-19(30)11-9-18)36(35-24)22-13-12-20(31)15-21(22)32/h8-13,15-16,26H,7,14H2,1-6H3,(H,33,39)(H,34,38). The van der Waals surface area contributed by atoms with Crippen LogP contribution in [0.15, 0.2) is 42.5 Å². The first-order valence-electron chi connectivity index (χ1n) is 12.8. The molecule has 0 aliphatic carbocycles. The van der Waals surface area contributed by atoms with Crippen LogP contribution in [0.4, 0.5) is 0 Å². The van der Waals surface area contributed by atoms with Crippen LogP contribution in [0.25, 0.3) is 16.9 Å². The van der Waals surface area contributed by atoms with Crippen molar-refractivity contribution in [3.8, 4) is 16.9 Å². The van der Waals surface area contributed by atoms with Crippen LogP contribution in [0.1, 0.15) is 57.1 Å². The maximum atomic E-state index is 13.7. The molecule has 8 nitrogen and oxygen atoms in total. The summed E-state index contributed by atoms with van der Waals surface area (Å²) in [6.07, 6.45) is 0.0141. The summed E-state index contributed by atoms with van der Waals surface area (Å²) < 4.78 is 6.55. The van der Waals surface area contributed by atoms with E-state index >= 15 is 0 Å². The molecular formula is C29H33Cl3N4O4. The maximum Gasteiger partial charge on any atom is 0.307 e. The predicted octanol–water partition coefficient (Wildman–Crippen LogP) is 6.41. The lowest BCUT2D eigenvalue weighted by Gasteiger charge is -2.31. The summed E-state index contributed by atoms with van der Waals surface area (Å²) in [6.45, 7) is 11.0. The highest BCUT2D eigenvalue weighted by Crippen LogP contribution is 2.33. The third-order valence-electron chi connectivity index (χ3n) is 6.16. The second kappa shape index (κ2) is 13.1. The number of amides is 2. The van der Waals surface area contributed by atoms with E-state index in [1.807, 2.05) is 32.9 Å². The molecule has 0 radical (unpaired) electrons. The van der Waals surface area contributed by atoms with Crippen molar-refractivity contribution >= 4 is 52.6 Å². The highest BCUT2D eigenvalue weighted by molar-refractivity contribution is 6.35. The number of rotatable bonds is 9. The van der Waals surface area contributed by atoms with Crippen LogP contribution in [0.3, 0.4) is 0 Å². The van der Waals surface area contributed by atoms with Gasteiger partial charge in [0.05, 0.1) is 29.4 Å². The zero-order valence-corrected chi connectivity index (χ0v) is 25.5. The number of aromatic nitrogens is 2. The summed E-state index contributed by atoms with van der Waals surface area (Å²) >= 11 is 18.8. The van der Waals surface area contributed by atoms with Crippen molar-refractivity contribution < 1.29 is 19.1 Å². The SMILES string of the molecule is CCOC(=O)CC(C)NC(=O)C(NC(=O)c1nn(-c2ccc(Cl)cc2Cl)c(-c2ccc(Cl)cc2)c1C)C(C)(C)C. The number of halogens is 3. The van der Waals surface area contributed by atoms with Gasteiger partial charge in [0.25, 0.3) is 5.91 Å². The Bertz CT molecular complexity index is 1400. The number of esters is 1. The van der Waals surface area contributed by atoms with Crippen molar-refractivity contribution in [1.82, 2.24) is 20.4 Å². The first-order chi connectivity index (χ1) is 18.7. The van der Waals surface area contributed by atoms with Crippen LogP contribution in [-0.2, 0) is 14.3 Å². The highest BCUT2D eigenvalue weighted by Gasteiger charge is 2.35. The van der Waals surface area contributed by atoms with E-state index in [1.54, 1.807) is 55.8 Å². The first kappa shape index (κ1) is 31.5. The number of carbonyl (C=O) groups excluding carboxylic acids is 3. The fourth-order valence-corrected chi connectivity index (χ4v) is 4.82. The van der Waals surface area contributed by atoms with Crippen molar-refractivity contribution in [2.24, 2.45) is 5.41 Å². The van der Waals surface area contributed by atoms with Gasteiger partial charge in [0.2, 0.25) is 5.91 Å². The van der Waals surface area contributed by atoms with Crippen LogP contribution < -0.4 is 10.6 Å². The topological polar surface area (TPSA) is 102 Å². The van der Waals surface area contributed by atoms with Gasteiger partial charge in [-0.05, 0) is 56.5 Å². The minimum absolute atomic E-state index is 0.0141. The van der Waals surface area contributed by atoms with E-state index in [4.69, 9.17) is 39.5 Å². The Hall–Kier alpha value is -3.07. The first-order valence-corrected chi connectivity index (χ1v) is 13.9. The molecule has 1 aromatic heterocycles. The van der Waals surface area contributed by atoms with Gasteiger partial charge in [-0.1, -0.05) is 67.7 Å². The molecule has 0 saturated carbocycles. The fourth-order valence-electron chi connectivity index (χ4n) is 4.21. The zero-order valence-electron chi connectivity index (χ0n) is 23.3. The quantitative estimate of drug-likeness (QED) is 0.274. The number of hydrogen-bond donors (Lipinski definition) is 2. The summed E-state index contributed by atoms with van der Waals surface area (Å²) in [5.74, 6) is -1.37. The molecule has 0 saturated heterocycles. The van der Waals surface area contributed by atoms with Gasteiger partial charge in [0.15, 0.2) is 5.69 Å². The van der Waals surface area contributed by atoms with Crippen LogP contribution in [0, 0.1) is 12.3 Å². The van der Waals surface area contributed by atoms with Crippen LogP contribution in [0.2, 0.25) is 15.1 Å². The van der Waals surface area contributed by atoms with Gasteiger partial charge < -0.3 is 15.4 Å². The number of benzene rings is 2. The van der Waals surface area contributed by atoms with Gasteiger partial charge in [0, 0.05) is 27.2 Å². The average molecular weight is 608 g/mol. The molecule has 0 bridgehead atoms. The average Bonchev–Trinajstić information content (AvgIpc) is 3.18. The molecule has 11 heteroatoms. The van der Waals surface area contributed by atoms with E-state index in [9.17, 15) is 14.4 Å². The fraction of sp³-hybridized carbons (Fsp3) is 0.379. The Morgan fingerprint density at radius 1 is 1.00 bits per heavy atom. The number of ether oxygens (including phenoxy) is 1. The van der Waals surface area contributed by atoms with E-state index in [0.29, 0.717) is 32.0 Å². The summed E-state index contributed by atoms with van der Waals surface area (Å²) in [5.41, 5.74) is 1.96. The number of nitrogens with zero attached hydrogens (tertiary/aromatic N) is 2. The molecule has 2 unspecified atom stereocenters. The molecule has 3 aromatic rings. The van der Waals surface area contributed by atoms with Crippen molar-refractivity contribution in [2.75, 3.05) is 6.61 Å². The highest BCUT2D eigenvalue weighted by atomic mass is 35.5. The lowest BCUT2D eigenvalue weighted by atomic mass is 9.85. The minimum Gasteiger partial charge on any atom is -0.466 e. The lowest BCUT2D eigenvalue weighted by Crippen LogP contribution is -2.55. The van der Waals surface area contributed by atoms with Gasteiger partial charge in [-0.2, -0.15) is 5.10 Å². The van der Waals surface area contributed by atoms with Crippen molar-refractivity contribution in [3.05, 3.63) is 68.8 Å². The molecule has 2 atom stereocenters.